The third kappa shape index (κ3) is 4.85. The summed E-state index contributed by atoms with van der Waals surface area (Å²) in [5.74, 6) is 0.800. The van der Waals surface area contributed by atoms with Crippen molar-refractivity contribution in [3.05, 3.63) is 0 Å². The molecule has 0 spiro atoms. The number of nitrogens with zero attached hydrogens (tertiary/aromatic N) is 3. The monoisotopic (exact) mass is 295 g/mol. The van der Waals surface area contributed by atoms with Gasteiger partial charge >= 0.3 is 0 Å². The third-order valence-electron chi connectivity index (χ3n) is 4.73. The van der Waals surface area contributed by atoms with Gasteiger partial charge in [0.05, 0.1) is 0 Å². The number of likely N-dealkylation sites (tertiary alicyclic amines) is 2. The van der Waals surface area contributed by atoms with Gasteiger partial charge in [0.15, 0.2) is 6.61 Å². The van der Waals surface area contributed by atoms with Crippen LogP contribution in [-0.4, -0.2) is 67.7 Å². The van der Waals surface area contributed by atoms with Crippen molar-refractivity contribution in [3.8, 4) is 0 Å². The molecule has 3 rings (SSSR count). The Morgan fingerprint density at radius 2 is 1.57 bits per heavy atom. The minimum absolute atomic E-state index is 0.164. The second-order valence-corrected chi connectivity index (χ2v) is 6.53. The second kappa shape index (κ2) is 7.99. The molecule has 0 radical (unpaired) electrons. The van der Waals surface area contributed by atoms with Crippen LogP contribution in [0, 0.1) is 0 Å². The van der Waals surface area contributed by atoms with Gasteiger partial charge < -0.3 is 14.5 Å². The summed E-state index contributed by atoms with van der Waals surface area (Å²) < 4.78 is 6.04. The molecule has 0 unspecified atom stereocenters. The van der Waals surface area contributed by atoms with Crippen LogP contribution >= 0.6 is 0 Å². The zero-order valence-electron chi connectivity index (χ0n) is 13.1. The fourth-order valence-electron chi connectivity index (χ4n) is 3.50. The van der Waals surface area contributed by atoms with Crippen LogP contribution in [0.25, 0.3) is 0 Å². The van der Waals surface area contributed by atoms with E-state index in [1.807, 2.05) is 0 Å². The zero-order valence-corrected chi connectivity index (χ0v) is 13.1. The summed E-state index contributed by atoms with van der Waals surface area (Å²) in [6.45, 7) is 7.52. The lowest BCUT2D eigenvalue weighted by Gasteiger charge is -2.32. The molecule has 1 atom stereocenters. The van der Waals surface area contributed by atoms with Crippen molar-refractivity contribution < 1.29 is 9.57 Å². The number of oxime groups is 1. The van der Waals surface area contributed by atoms with Gasteiger partial charge in [-0.15, -0.1) is 0 Å². The van der Waals surface area contributed by atoms with Crippen LogP contribution in [-0.2, 0) is 9.57 Å². The van der Waals surface area contributed by atoms with Crippen molar-refractivity contribution in [2.75, 3.05) is 45.9 Å². The van der Waals surface area contributed by atoms with Crippen LogP contribution in [0.4, 0.5) is 0 Å². The second-order valence-electron chi connectivity index (χ2n) is 6.53. The summed E-state index contributed by atoms with van der Waals surface area (Å²) in [5.41, 5.74) is 0. The Balaban J connectivity index is 1.38. The highest BCUT2D eigenvalue weighted by atomic mass is 16.7. The minimum atomic E-state index is 0.164. The highest BCUT2D eigenvalue weighted by molar-refractivity contribution is 5.76. The fourth-order valence-corrected chi connectivity index (χ4v) is 3.50. The van der Waals surface area contributed by atoms with Gasteiger partial charge in [-0.05, 0) is 51.9 Å². The van der Waals surface area contributed by atoms with Crippen LogP contribution in [0.15, 0.2) is 5.16 Å². The maximum Gasteiger partial charge on any atom is 0.227 e. The Morgan fingerprint density at radius 3 is 2.29 bits per heavy atom. The molecule has 2 saturated heterocycles. The molecule has 0 aromatic heterocycles. The van der Waals surface area contributed by atoms with Crippen molar-refractivity contribution in [2.24, 2.45) is 5.16 Å². The number of hydrogen-bond acceptors (Lipinski definition) is 5. The largest absolute Gasteiger partial charge is 0.470 e. The number of piperidine rings is 2. The van der Waals surface area contributed by atoms with Gasteiger partial charge in [-0.25, -0.2) is 0 Å². The number of rotatable bonds is 5. The molecular formula is C16H29N3O2. The first kappa shape index (κ1) is 15.1. The van der Waals surface area contributed by atoms with Gasteiger partial charge in [0.1, 0.15) is 6.10 Å². The summed E-state index contributed by atoms with van der Waals surface area (Å²) in [7, 11) is 0. The number of ether oxygens (including phenoxy) is 1. The first-order valence-electron chi connectivity index (χ1n) is 8.70. The highest BCUT2D eigenvalue weighted by Gasteiger charge is 2.23. The van der Waals surface area contributed by atoms with Crippen molar-refractivity contribution in [3.63, 3.8) is 0 Å². The Labute approximate surface area is 128 Å². The lowest BCUT2D eigenvalue weighted by molar-refractivity contribution is -0.0123. The van der Waals surface area contributed by atoms with E-state index < -0.39 is 0 Å². The van der Waals surface area contributed by atoms with E-state index in [9.17, 15) is 0 Å². The topological polar surface area (TPSA) is 37.3 Å². The highest BCUT2D eigenvalue weighted by Crippen LogP contribution is 2.14. The Kier molecular flexibility index (Phi) is 5.75. The number of hydrogen-bond donors (Lipinski definition) is 0. The third-order valence-corrected chi connectivity index (χ3v) is 4.73. The molecule has 3 heterocycles. The Hall–Kier alpha value is -0.810. The fraction of sp³-hybridized carbons (Fsp3) is 0.938. The SMILES string of the molecule is C1CCN(CCC2=NOC[C@@H](CN3CCCCC3)O2)CC1. The molecule has 0 N–H and O–H groups in total. The maximum absolute atomic E-state index is 6.04. The molecule has 0 saturated carbocycles. The van der Waals surface area contributed by atoms with Gasteiger partial charge in [0.25, 0.3) is 0 Å². The predicted molar refractivity (Wildman–Crippen MR) is 83.5 cm³/mol. The summed E-state index contributed by atoms with van der Waals surface area (Å²) in [6.07, 6.45) is 9.12. The van der Waals surface area contributed by atoms with E-state index >= 15 is 0 Å². The average molecular weight is 295 g/mol. The van der Waals surface area contributed by atoms with Gasteiger partial charge in [-0.3, -0.25) is 4.90 Å². The Morgan fingerprint density at radius 1 is 0.905 bits per heavy atom. The van der Waals surface area contributed by atoms with Crippen LogP contribution < -0.4 is 0 Å². The normalized spacial score (nSPS) is 28.6. The first-order valence-corrected chi connectivity index (χ1v) is 8.70. The van der Waals surface area contributed by atoms with Crippen LogP contribution in [0.1, 0.15) is 44.9 Å². The summed E-state index contributed by atoms with van der Waals surface area (Å²) in [6, 6.07) is 0. The summed E-state index contributed by atoms with van der Waals surface area (Å²) in [5, 5.41) is 4.11. The standard InChI is InChI=1S/C16H29N3O2/c1-3-8-18(9-4-1)12-7-16-17-20-14-15(21-16)13-19-10-5-2-6-11-19/h15H,1-14H2/t15-/m1/s1. The molecule has 2 fully saturated rings. The van der Waals surface area contributed by atoms with Crippen molar-refractivity contribution in [2.45, 2.75) is 51.0 Å². The molecule has 120 valence electrons. The van der Waals surface area contributed by atoms with E-state index in [0.717, 1.165) is 25.4 Å². The lowest BCUT2D eigenvalue weighted by Crippen LogP contribution is -2.42. The molecule has 0 aliphatic carbocycles. The molecule has 0 amide bonds. The average Bonchev–Trinajstić information content (AvgIpc) is 2.55. The van der Waals surface area contributed by atoms with Crippen LogP contribution in [0.5, 0.6) is 0 Å². The molecule has 0 bridgehead atoms. The van der Waals surface area contributed by atoms with Crippen molar-refractivity contribution in [1.29, 1.82) is 0 Å². The molecule has 0 aromatic carbocycles. The smallest absolute Gasteiger partial charge is 0.227 e. The van der Waals surface area contributed by atoms with Gasteiger partial charge in [-0.2, -0.15) is 0 Å². The first-order chi connectivity index (χ1) is 10.4. The van der Waals surface area contributed by atoms with E-state index in [1.54, 1.807) is 0 Å². The molecule has 5 heteroatoms. The van der Waals surface area contributed by atoms with Gasteiger partial charge in [0, 0.05) is 19.5 Å². The van der Waals surface area contributed by atoms with E-state index in [-0.39, 0.29) is 6.10 Å². The van der Waals surface area contributed by atoms with E-state index in [0.29, 0.717) is 6.61 Å². The predicted octanol–water partition coefficient (Wildman–Crippen LogP) is 2.08. The summed E-state index contributed by atoms with van der Waals surface area (Å²) >= 11 is 0. The molecule has 5 nitrogen and oxygen atoms in total. The van der Waals surface area contributed by atoms with Crippen molar-refractivity contribution >= 4 is 5.90 Å². The van der Waals surface area contributed by atoms with Crippen LogP contribution in [0.2, 0.25) is 0 Å². The van der Waals surface area contributed by atoms with Crippen molar-refractivity contribution in [1.82, 2.24) is 9.80 Å². The molecule has 21 heavy (non-hydrogen) atoms. The lowest BCUT2D eigenvalue weighted by atomic mass is 10.1. The maximum atomic E-state index is 6.04. The molecular weight excluding hydrogens is 266 g/mol. The van der Waals surface area contributed by atoms with Gasteiger partial charge in [-0.1, -0.05) is 18.0 Å². The molecule has 3 aliphatic rings. The van der Waals surface area contributed by atoms with Gasteiger partial charge in [0.2, 0.25) is 5.90 Å². The summed E-state index contributed by atoms with van der Waals surface area (Å²) in [4.78, 5) is 10.4. The Bertz CT molecular complexity index is 336. The minimum Gasteiger partial charge on any atom is -0.470 e. The molecule has 3 aliphatic heterocycles. The van der Waals surface area contributed by atoms with E-state index in [4.69, 9.17) is 9.57 Å². The van der Waals surface area contributed by atoms with E-state index in [2.05, 4.69) is 15.0 Å². The zero-order chi connectivity index (χ0) is 14.3. The van der Waals surface area contributed by atoms with E-state index in [1.165, 1.54) is 64.7 Å². The molecule has 0 aromatic rings. The van der Waals surface area contributed by atoms with Crippen LogP contribution in [0.3, 0.4) is 0 Å². The quantitative estimate of drug-likeness (QED) is 0.778.